The number of ether oxygens (including phenoxy) is 2. The highest BCUT2D eigenvalue weighted by Gasteiger charge is 2.42. The quantitative estimate of drug-likeness (QED) is 0.332. The maximum Gasteiger partial charge on any atom is 0.416 e. The summed E-state index contributed by atoms with van der Waals surface area (Å²) in [6.07, 6.45) is -18.2. The molecule has 0 saturated carbocycles. The molecule has 2 amide bonds. The molecule has 2 atom stereocenters. The Bertz CT molecular complexity index is 1260. The number of hydrogen-bond donors (Lipinski definition) is 0. The number of fused-ring (bicyclic) bond motifs is 1. The third-order valence-corrected chi connectivity index (χ3v) is 6.30. The second-order valence-electron chi connectivity index (χ2n) is 9.69. The lowest BCUT2D eigenvalue weighted by Gasteiger charge is -2.43. The van der Waals surface area contributed by atoms with Crippen molar-refractivity contribution in [1.82, 2.24) is 4.90 Å². The molecule has 2 aromatic carbocycles. The molecule has 0 aliphatic carbocycles. The van der Waals surface area contributed by atoms with Gasteiger partial charge in [-0.25, -0.2) is 9.59 Å². The number of amides is 2. The first-order chi connectivity index (χ1) is 18.7. The first kappa shape index (κ1) is 31.9. The van der Waals surface area contributed by atoms with E-state index >= 15 is 0 Å². The Morgan fingerprint density at radius 1 is 0.902 bits per heavy atom. The first-order valence-electron chi connectivity index (χ1n) is 12.1. The van der Waals surface area contributed by atoms with E-state index in [-0.39, 0.29) is 23.7 Å². The number of carbonyl (C=O) groups is 2. The number of methoxy groups -OCH3 is 1. The van der Waals surface area contributed by atoms with Crippen molar-refractivity contribution in [2.24, 2.45) is 0 Å². The maximum atomic E-state index is 13.7. The van der Waals surface area contributed by atoms with E-state index in [4.69, 9.17) is 9.47 Å². The van der Waals surface area contributed by atoms with Crippen molar-refractivity contribution in [3.05, 3.63) is 64.2 Å². The largest absolute Gasteiger partial charge is 0.453 e. The van der Waals surface area contributed by atoms with Gasteiger partial charge in [-0.1, -0.05) is 0 Å². The Kier molecular flexibility index (Phi) is 8.80. The van der Waals surface area contributed by atoms with Crippen LogP contribution >= 0.6 is 0 Å². The van der Waals surface area contributed by atoms with Gasteiger partial charge in [0.15, 0.2) is 0 Å². The van der Waals surface area contributed by atoms with E-state index in [0.717, 1.165) is 23.0 Å². The fourth-order valence-corrected chi connectivity index (χ4v) is 4.57. The molecule has 0 aromatic heterocycles. The SMILES string of the molecule is COC(=O)N(Cc1cc(C(F)(F)F)cc(C(F)(F)F)c1)[C@@H]1C[C@H](C)N(C(=O)OC(C)C)c2ccc(C(F)(F)F)cc21. The molecule has 0 N–H and O–H groups in total. The van der Waals surface area contributed by atoms with Crippen LogP contribution in [0.2, 0.25) is 0 Å². The molecule has 1 aliphatic heterocycles. The lowest BCUT2D eigenvalue weighted by atomic mass is 9.89. The summed E-state index contributed by atoms with van der Waals surface area (Å²) in [4.78, 5) is 27.5. The first-order valence-corrected chi connectivity index (χ1v) is 12.1. The summed E-state index contributed by atoms with van der Waals surface area (Å²) in [5, 5.41) is 0. The molecule has 226 valence electrons. The van der Waals surface area contributed by atoms with Gasteiger partial charge in [0.05, 0.1) is 41.6 Å². The standard InChI is InChI=1S/C26H25F9N2O4/c1-13(2)41-23(39)37-14(3)7-21(19-11-16(24(27,28)29)5-6-20(19)37)36(22(38)40-4)12-15-8-17(25(30,31)32)10-18(9-15)26(33,34)35/h5-6,8-11,13-14,21H,7,12H2,1-4H3/t14-,21+/m0/s1. The summed E-state index contributed by atoms with van der Waals surface area (Å²) in [7, 11) is 0.897. The monoisotopic (exact) mass is 600 g/mol. The predicted octanol–water partition coefficient (Wildman–Crippen LogP) is 8.20. The van der Waals surface area contributed by atoms with E-state index in [1.54, 1.807) is 13.8 Å². The molecule has 41 heavy (non-hydrogen) atoms. The average molecular weight is 600 g/mol. The molecule has 2 aromatic rings. The fraction of sp³-hybridized carbons (Fsp3) is 0.462. The number of rotatable bonds is 4. The molecule has 0 bridgehead atoms. The van der Waals surface area contributed by atoms with E-state index in [1.165, 1.54) is 6.92 Å². The van der Waals surface area contributed by atoms with Crippen LogP contribution < -0.4 is 4.90 Å². The molecule has 0 saturated heterocycles. The van der Waals surface area contributed by atoms with Crippen LogP contribution in [0.15, 0.2) is 36.4 Å². The summed E-state index contributed by atoms with van der Waals surface area (Å²) < 4.78 is 132. The van der Waals surface area contributed by atoms with E-state index < -0.39 is 77.7 Å². The number of halogens is 9. The number of nitrogens with zero attached hydrogens (tertiary/aromatic N) is 2. The van der Waals surface area contributed by atoms with Gasteiger partial charge in [-0.2, -0.15) is 39.5 Å². The van der Waals surface area contributed by atoms with Crippen LogP contribution in [-0.4, -0.2) is 36.3 Å². The van der Waals surface area contributed by atoms with Gasteiger partial charge in [0.1, 0.15) is 0 Å². The molecule has 3 rings (SSSR count). The molecule has 0 radical (unpaired) electrons. The van der Waals surface area contributed by atoms with Crippen LogP contribution in [0.4, 0.5) is 54.8 Å². The van der Waals surface area contributed by atoms with E-state index in [9.17, 15) is 49.1 Å². The molecule has 1 aliphatic rings. The van der Waals surface area contributed by atoms with Crippen molar-refractivity contribution >= 4 is 17.9 Å². The van der Waals surface area contributed by atoms with Crippen LogP contribution in [0.3, 0.4) is 0 Å². The summed E-state index contributed by atoms with van der Waals surface area (Å²) >= 11 is 0. The molecule has 0 unspecified atom stereocenters. The zero-order chi connectivity index (χ0) is 31.1. The van der Waals surface area contributed by atoms with Gasteiger partial charge >= 0.3 is 30.7 Å². The number of benzene rings is 2. The van der Waals surface area contributed by atoms with Crippen LogP contribution in [-0.2, 0) is 34.5 Å². The van der Waals surface area contributed by atoms with Gasteiger partial charge < -0.3 is 9.47 Å². The second-order valence-corrected chi connectivity index (χ2v) is 9.69. The van der Waals surface area contributed by atoms with Crippen LogP contribution in [0.1, 0.15) is 61.1 Å². The number of anilines is 1. The number of carbonyl (C=O) groups excluding carboxylic acids is 2. The third kappa shape index (κ3) is 7.17. The Balaban J connectivity index is 2.20. The van der Waals surface area contributed by atoms with Gasteiger partial charge in [-0.15, -0.1) is 0 Å². The normalized spacial score (nSPS) is 17.8. The highest BCUT2D eigenvalue weighted by molar-refractivity contribution is 5.90. The molecule has 0 fully saturated rings. The van der Waals surface area contributed by atoms with Crippen molar-refractivity contribution in [2.75, 3.05) is 12.0 Å². The van der Waals surface area contributed by atoms with Crippen LogP contribution in [0.25, 0.3) is 0 Å². The zero-order valence-electron chi connectivity index (χ0n) is 22.0. The lowest BCUT2D eigenvalue weighted by Crippen LogP contribution is -2.48. The lowest BCUT2D eigenvalue weighted by molar-refractivity contribution is -0.143. The third-order valence-electron chi connectivity index (χ3n) is 6.30. The topological polar surface area (TPSA) is 59.1 Å². The van der Waals surface area contributed by atoms with Crippen molar-refractivity contribution in [2.45, 2.75) is 70.5 Å². The van der Waals surface area contributed by atoms with Crippen molar-refractivity contribution in [1.29, 1.82) is 0 Å². The molecular weight excluding hydrogens is 575 g/mol. The molecule has 0 spiro atoms. The minimum atomic E-state index is -5.17. The van der Waals surface area contributed by atoms with Crippen LogP contribution in [0, 0.1) is 0 Å². The minimum Gasteiger partial charge on any atom is -0.453 e. The van der Waals surface area contributed by atoms with Crippen LogP contribution in [0.5, 0.6) is 0 Å². The molecule has 1 heterocycles. The highest BCUT2D eigenvalue weighted by Crippen LogP contribution is 2.45. The van der Waals surface area contributed by atoms with Crippen molar-refractivity contribution in [3.63, 3.8) is 0 Å². The summed E-state index contributed by atoms with van der Waals surface area (Å²) in [5.41, 5.74) is -5.33. The van der Waals surface area contributed by atoms with Gasteiger partial charge in [0.25, 0.3) is 0 Å². The smallest absolute Gasteiger partial charge is 0.416 e. The predicted molar refractivity (Wildman–Crippen MR) is 127 cm³/mol. The van der Waals surface area contributed by atoms with E-state index in [0.29, 0.717) is 24.3 Å². The average Bonchev–Trinajstić information content (AvgIpc) is 2.83. The Morgan fingerprint density at radius 2 is 1.44 bits per heavy atom. The number of alkyl halides is 9. The molecule has 15 heteroatoms. The van der Waals surface area contributed by atoms with Gasteiger partial charge in [0, 0.05) is 12.6 Å². The summed E-state index contributed by atoms with van der Waals surface area (Å²) in [6.45, 7) is 3.71. The Hall–Kier alpha value is -3.65. The maximum absolute atomic E-state index is 13.7. The molecular formula is C26H25F9N2O4. The van der Waals surface area contributed by atoms with Gasteiger partial charge in [-0.05, 0) is 74.7 Å². The highest BCUT2D eigenvalue weighted by atomic mass is 19.4. The van der Waals surface area contributed by atoms with Gasteiger partial charge in [-0.3, -0.25) is 9.80 Å². The van der Waals surface area contributed by atoms with E-state index in [1.807, 2.05) is 0 Å². The number of hydrogen-bond acceptors (Lipinski definition) is 4. The Labute approximate surface area is 228 Å². The van der Waals surface area contributed by atoms with Gasteiger partial charge in [0.2, 0.25) is 0 Å². The minimum absolute atomic E-state index is 0.0821. The van der Waals surface area contributed by atoms with E-state index in [2.05, 4.69) is 0 Å². The summed E-state index contributed by atoms with van der Waals surface area (Å²) in [6, 6.07) is 0.936. The van der Waals surface area contributed by atoms with Crippen molar-refractivity contribution < 1.29 is 58.6 Å². The fourth-order valence-electron chi connectivity index (χ4n) is 4.57. The second kappa shape index (κ2) is 11.3. The Morgan fingerprint density at radius 3 is 1.90 bits per heavy atom. The molecule has 6 nitrogen and oxygen atoms in total. The van der Waals surface area contributed by atoms with Crippen molar-refractivity contribution in [3.8, 4) is 0 Å². The zero-order valence-corrected chi connectivity index (χ0v) is 22.0. The summed E-state index contributed by atoms with van der Waals surface area (Å²) in [5.74, 6) is 0.